The first-order chi connectivity index (χ1) is 13.8. The lowest BCUT2D eigenvalue weighted by Gasteiger charge is -2.31. The number of piperidine rings is 1. The average molecular weight is 419 g/mol. The van der Waals surface area contributed by atoms with Gasteiger partial charge in [-0.05, 0) is 61.9 Å². The number of rotatable bonds is 7. The molecule has 1 aliphatic heterocycles. The van der Waals surface area contributed by atoms with Gasteiger partial charge in [0.1, 0.15) is 5.82 Å². The van der Waals surface area contributed by atoms with Gasteiger partial charge >= 0.3 is 0 Å². The minimum atomic E-state index is -3.59. The van der Waals surface area contributed by atoms with Crippen LogP contribution in [0.15, 0.2) is 53.4 Å². The second-order valence-electron chi connectivity index (χ2n) is 7.60. The van der Waals surface area contributed by atoms with Crippen LogP contribution in [0.1, 0.15) is 36.8 Å². The fourth-order valence-electron chi connectivity index (χ4n) is 3.52. The highest BCUT2D eigenvalue weighted by Gasteiger charge is 2.29. The monoisotopic (exact) mass is 418 g/mol. The molecule has 0 spiro atoms. The van der Waals surface area contributed by atoms with E-state index in [0.717, 1.165) is 37.0 Å². The summed E-state index contributed by atoms with van der Waals surface area (Å²) in [5.41, 5.74) is 2.26. The molecule has 1 N–H and O–H groups in total. The normalized spacial score (nSPS) is 15.9. The van der Waals surface area contributed by atoms with Gasteiger partial charge < -0.3 is 5.32 Å². The first-order valence-corrected chi connectivity index (χ1v) is 11.4. The molecule has 1 aliphatic rings. The molecule has 0 atom stereocenters. The minimum Gasteiger partial charge on any atom is -0.352 e. The van der Waals surface area contributed by atoms with Crippen molar-refractivity contribution in [1.82, 2.24) is 9.62 Å². The first kappa shape index (κ1) is 21.5. The van der Waals surface area contributed by atoms with Crippen LogP contribution in [0, 0.1) is 18.7 Å². The molecule has 0 radical (unpaired) electrons. The lowest BCUT2D eigenvalue weighted by Crippen LogP contribution is -2.38. The molecule has 1 fully saturated rings. The Morgan fingerprint density at radius 1 is 1.07 bits per heavy atom. The number of carbonyl (C=O) groups excluding carboxylic acids is 1. The van der Waals surface area contributed by atoms with E-state index in [1.807, 2.05) is 31.2 Å². The summed E-state index contributed by atoms with van der Waals surface area (Å²) in [4.78, 5) is 12.2. The van der Waals surface area contributed by atoms with Crippen LogP contribution in [-0.4, -0.2) is 31.7 Å². The zero-order valence-corrected chi connectivity index (χ0v) is 17.4. The Balaban J connectivity index is 1.42. The molecule has 0 bridgehead atoms. The minimum absolute atomic E-state index is 0.0203. The van der Waals surface area contributed by atoms with Gasteiger partial charge in [-0.1, -0.05) is 29.8 Å². The van der Waals surface area contributed by atoms with Crippen LogP contribution in [-0.2, 0) is 21.4 Å². The molecule has 1 amide bonds. The number of nitrogens with zero attached hydrogens (tertiary/aromatic N) is 1. The Labute approximate surface area is 172 Å². The number of amides is 1. The van der Waals surface area contributed by atoms with Gasteiger partial charge in [-0.15, -0.1) is 0 Å². The van der Waals surface area contributed by atoms with Crippen molar-refractivity contribution in [3.05, 3.63) is 65.5 Å². The van der Waals surface area contributed by atoms with Crippen LogP contribution >= 0.6 is 0 Å². The lowest BCUT2D eigenvalue weighted by atomic mass is 9.93. The van der Waals surface area contributed by atoms with Crippen molar-refractivity contribution < 1.29 is 17.6 Å². The first-order valence-electron chi connectivity index (χ1n) is 9.92. The Kier molecular flexibility index (Phi) is 7.03. The lowest BCUT2D eigenvalue weighted by molar-refractivity contribution is -0.121. The summed E-state index contributed by atoms with van der Waals surface area (Å²) in [5.74, 6) is -0.102. The maximum absolute atomic E-state index is 13.0. The molecule has 5 nitrogen and oxygen atoms in total. The summed E-state index contributed by atoms with van der Waals surface area (Å²) in [6.07, 6.45) is 2.66. The highest BCUT2D eigenvalue weighted by atomic mass is 32.2. The maximum Gasteiger partial charge on any atom is 0.243 e. The molecular formula is C22H27FN2O3S. The standard InChI is InChI=1S/C22H27FN2O3S/c1-17-2-4-19(5-3-17)16-24-22(26)11-6-18-12-14-25(15-13-18)29(27,28)21-9-7-20(23)8-10-21/h2-5,7-10,18H,6,11-16H2,1H3,(H,24,26). The Morgan fingerprint density at radius 3 is 2.31 bits per heavy atom. The maximum atomic E-state index is 13.0. The van der Waals surface area contributed by atoms with Gasteiger partial charge in [-0.25, -0.2) is 12.8 Å². The molecule has 0 saturated carbocycles. The second kappa shape index (κ2) is 9.50. The number of benzene rings is 2. The van der Waals surface area contributed by atoms with Crippen LogP contribution in [0.4, 0.5) is 4.39 Å². The average Bonchev–Trinajstić information content (AvgIpc) is 2.72. The van der Waals surface area contributed by atoms with E-state index in [4.69, 9.17) is 0 Å². The number of aryl methyl sites for hydroxylation is 1. The molecule has 0 aliphatic carbocycles. The third-order valence-electron chi connectivity index (χ3n) is 5.41. The summed E-state index contributed by atoms with van der Waals surface area (Å²) in [6.45, 7) is 3.40. The predicted molar refractivity (Wildman–Crippen MR) is 110 cm³/mol. The third-order valence-corrected chi connectivity index (χ3v) is 7.33. The highest BCUT2D eigenvalue weighted by molar-refractivity contribution is 7.89. The number of sulfonamides is 1. The van der Waals surface area contributed by atoms with Crippen molar-refractivity contribution in [2.75, 3.05) is 13.1 Å². The summed E-state index contributed by atoms with van der Waals surface area (Å²) in [7, 11) is -3.59. The van der Waals surface area contributed by atoms with Crippen molar-refractivity contribution in [2.24, 2.45) is 5.92 Å². The van der Waals surface area contributed by atoms with Crippen LogP contribution in [0.5, 0.6) is 0 Å². The van der Waals surface area contributed by atoms with Gasteiger partial charge in [0.25, 0.3) is 0 Å². The SMILES string of the molecule is Cc1ccc(CNC(=O)CCC2CCN(S(=O)(=O)c3ccc(F)cc3)CC2)cc1. The molecule has 2 aromatic carbocycles. The van der Waals surface area contributed by atoms with E-state index in [1.54, 1.807) is 0 Å². The molecular weight excluding hydrogens is 391 g/mol. The Hall–Kier alpha value is -2.25. The fourth-order valence-corrected chi connectivity index (χ4v) is 4.99. The topological polar surface area (TPSA) is 66.5 Å². The van der Waals surface area contributed by atoms with E-state index in [1.165, 1.54) is 22.0 Å². The van der Waals surface area contributed by atoms with Crippen molar-refractivity contribution in [3.63, 3.8) is 0 Å². The van der Waals surface area contributed by atoms with E-state index >= 15 is 0 Å². The number of hydrogen-bond donors (Lipinski definition) is 1. The number of carbonyl (C=O) groups is 1. The molecule has 2 aromatic rings. The van der Waals surface area contributed by atoms with E-state index in [9.17, 15) is 17.6 Å². The van der Waals surface area contributed by atoms with Crippen molar-refractivity contribution in [3.8, 4) is 0 Å². The van der Waals surface area contributed by atoms with Crippen molar-refractivity contribution in [1.29, 1.82) is 0 Å². The smallest absolute Gasteiger partial charge is 0.243 e. The molecule has 3 rings (SSSR count). The zero-order valence-electron chi connectivity index (χ0n) is 16.6. The number of hydrogen-bond acceptors (Lipinski definition) is 3. The van der Waals surface area contributed by atoms with Gasteiger partial charge in [0.05, 0.1) is 4.90 Å². The molecule has 0 aromatic heterocycles. The number of halogens is 1. The molecule has 1 heterocycles. The molecule has 29 heavy (non-hydrogen) atoms. The van der Waals surface area contributed by atoms with E-state index < -0.39 is 15.8 Å². The Bertz CT molecular complexity index is 920. The van der Waals surface area contributed by atoms with Crippen LogP contribution < -0.4 is 5.32 Å². The predicted octanol–water partition coefficient (Wildman–Crippen LogP) is 3.63. The molecule has 0 unspecified atom stereocenters. The van der Waals surface area contributed by atoms with E-state index in [-0.39, 0.29) is 10.8 Å². The van der Waals surface area contributed by atoms with Crippen molar-refractivity contribution in [2.45, 2.75) is 44.0 Å². The zero-order chi connectivity index (χ0) is 20.9. The van der Waals surface area contributed by atoms with Gasteiger partial charge in [0.15, 0.2) is 0 Å². The second-order valence-corrected chi connectivity index (χ2v) is 9.54. The van der Waals surface area contributed by atoms with E-state index in [2.05, 4.69) is 5.32 Å². The largest absolute Gasteiger partial charge is 0.352 e. The molecule has 156 valence electrons. The Morgan fingerprint density at radius 2 is 1.69 bits per heavy atom. The summed E-state index contributed by atoms with van der Waals surface area (Å²) < 4.78 is 39.8. The fraction of sp³-hybridized carbons (Fsp3) is 0.409. The summed E-state index contributed by atoms with van der Waals surface area (Å²) >= 11 is 0. The van der Waals surface area contributed by atoms with Gasteiger partial charge in [-0.2, -0.15) is 4.31 Å². The molecule has 7 heteroatoms. The highest BCUT2D eigenvalue weighted by Crippen LogP contribution is 2.26. The van der Waals surface area contributed by atoms with Crippen molar-refractivity contribution >= 4 is 15.9 Å². The summed E-state index contributed by atoms with van der Waals surface area (Å²) in [6, 6.07) is 13.0. The van der Waals surface area contributed by atoms with Gasteiger partial charge in [-0.3, -0.25) is 4.79 Å². The quantitative estimate of drug-likeness (QED) is 0.747. The number of nitrogens with one attached hydrogen (secondary N) is 1. The van der Waals surface area contributed by atoms with Crippen LogP contribution in [0.2, 0.25) is 0 Å². The van der Waals surface area contributed by atoms with Crippen LogP contribution in [0.3, 0.4) is 0 Å². The van der Waals surface area contributed by atoms with Gasteiger partial charge in [0.2, 0.25) is 15.9 Å². The van der Waals surface area contributed by atoms with Gasteiger partial charge in [0, 0.05) is 26.1 Å². The summed E-state index contributed by atoms with van der Waals surface area (Å²) in [5, 5.41) is 2.94. The third kappa shape index (κ3) is 5.87. The van der Waals surface area contributed by atoms with E-state index in [0.29, 0.717) is 32.0 Å². The molecule has 1 saturated heterocycles. The van der Waals surface area contributed by atoms with Crippen LogP contribution in [0.25, 0.3) is 0 Å².